The Kier molecular flexibility index (Phi) is 9.83. The highest BCUT2D eigenvalue weighted by molar-refractivity contribution is 6.09. The molecule has 0 unspecified atom stereocenters. The number of ether oxygens (including phenoxy) is 1. The highest BCUT2D eigenvalue weighted by atomic mass is 16.5. The summed E-state index contributed by atoms with van der Waals surface area (Å²) in [5.74, 6) is -0.644. The molecular weight excluding hydrogens is 496 g/mol. The molecule has 1 atom stereocenters. The van der Waals surface area contributed by atoms with Crippen molar-refractivity contribution in [2.75, 3.05) is 13.2 Å². The number of nitrogens with one attached hydrogen (secondary N) is 1. The van der Waals surface area contributed by atoms with Gasteiger partial charge in [0.15, 0.2) is 5.58 Å². The minimum Gasteiger partial charge on any atom is -0.450 e. The molecule has 0 aliphatic heterocycles. The van der Waals surface area contributed by atoms with Crippen LogP contribution in [-0.4, -0.2) is 52.8 Å². The molecule has 1 heterocycles. The minimum atomic E-state index is -0.884. The van der Waals surface area contributed by atoms with E-state index in [9.17, 15) is 14.4 Å². The molecule has 1 saturated carbocycles. The topological polar surface area (TPSA) is 114 Å². The quantitative estimate of drug-likeness (QED) is 0.278. The third-order valence-corrected chi connectivity index (χ3v) is 6.83. The molecule has 2 aromatic carbocycles. The van der Waals surface area contributed by atoms with E-state index in [0.29, 0.717) is 35.4 Å². The van der Waals surface area contributed by atoms with Crippen molar-refractivity contribution in [1.29, 1.82) is 0 Å². The molecule has 4 rings (SSSR count). The summed E-state index contributed by atoms with van der Waals surface area (Å²) in [6, 6.07) is 15.3. The predicted octanol–water partition coefficient (Wildman–Crippen LogP) is 5.74. The maximum absolute atomic E-state index is 14.1. The summed E-state index contributed by atoms with van der Waals surface area (Å²) in [4.78, 5) is 50.4. The van der Waals surface area contributed by atoms with Gasteiger partial charge in [-0.2, -0.15) is 0 Å². The van der Waals surface area contributed by atoms with Gasteiger partial charge in [-0.1, -0.05) is 81.5 Å². The number of carbonyl (C=O) groups excluding carboxylic acids is 3. The lowest BCUT2D eigenvalue weighted by Gasteiger charge is -2.28. The second-order valence-electron chi connectivity index (χ2n) is 9.73. The van der Waals surface area contributed by atoms with E-state index in [4.69, 9.17) is 14.1 Å². The van der Waals surface area contributed by atoms with Gasteiger partial charge in [0.2, 0.25) is 0 Å². The molecule has 206 valence electrons. The van der Waals surface area contributed by atoms with Gasteiger partial charge in [0, 0.05) is 12.1 Å². The Morgan fingerprint density at radius 1 is 1.05 bits per heavy atom. The molecule has 1 aliphatic rings. The predicted molar refractivity (Wildman–Crippen MR) is 148 cm³/mol. The second-order valence-corrected chi connectivity index (χ2v) is 9.73. The molecule has 1 aromatic heterocycles. The number of amides is 3. The molecule has 9 heteroatoms. The Morgan fingerprint density at radius 3 is 2.46 bits per heavy atom. The number of aliphatic imine (C=N–C) groups is 1. The standard InChI is InChI=1S/C30H36N4O5/c1-3-19-34(29(36)27-32-23-17-11-12-18-25(23)39-27)28(35)24(20-21-13-7-5-8-14-21)31-26(33-30(37)38-4-2)22-15-9-6-10-16-22/h6,9-12,15-18,21,24H,3-5,7-8,13-14,19-20H2,1-2H3,(H,31,33,37)/t24-/m0/s1. The lowest BCUT2D eigenvalue weighted by Crippen LogP contribution is -2.45. The number of aromatic nitrogens is 1. The van der Waals surface area contributed by atoms with Gasteiger partial charge in [0.25, 0.3) is 11.8 Å². The van der Waals surface area contributed by atoms with Crippen molar-refractivity contribution < 1.29 is 23.5 Å². The molecule has 0 bridgehead atoms. The molecule has 3 aromatic rings. The molecule has 39 heavy (non-hydrogen) atoms. The zero-order valence-corrected chi connectivity index (χ0v) is 22.6. The van der Waals surface area contributed by atoms with Crippen LogP contribution in [0.5, 0.6) is 0 Å². The van der Waals surface area contributed by atoms with E-state index in [1.807, 2.05) is 31.2 Å². The molecule has 0 saturated heterocycles. The number of rotatable bonds is 9. The van der Waals surface area contributed by atoms with Crippen molar-refractivity contribution in [1.82, 2.24) is 15.2 Å². The van der Waals surface area contributed by atoms with Crippen LogP contribution in [0.25, 0.3) is 11.1 Å². The number of nitrogens with zero attached hydrogens (tertiary/aromatic N) is 3. The van der Waals surface area contributed by atoms with Gasteiger partial charge in [-0.25, -0.2) is 9.78 Å². The second kappa shape index (κ2) is 13.7. The number of carbonyl (C=O) groups is 3. The number of imide groups is 1. The fourth-order valence-corrected chi connectivity index (χ4v) is 4.94. The van der Waals surface area contributed by atoms with E-state index in [2.05, 4.69) is 10.3 Å². The van der Waals surface area contributed by atoms with E-state index in [0.717, 1.165) is 25.7 Å². The number of amidine groups is 1. The normalized spacial score (nSPS) is 15.1. The average molecular weight is 533 g/mol. The number of para-hydroxylation sites is 2. The molecule has 1 aliphatic carbocycles. The van der Waals surface area contributed by atoms with Crippen LogP contribution in [0.3, 0.4) is 0 Å². The van der Waals surface area contributed by atoms with Gasteiger partial charge in [-0.3, -0.25) is 24.8 Å². The maximum Gasteiger partial charge on any atom is 0.412 e. The van der Waals surface area contributed by atoms with Crippen LogP contribution in [0.15, 0.2) is 64.0 Å². The van der Waals surface area contributed by atoms with Gasteiger partial charge >= 0.3 is 12.0 Å². The van der Waals surface area contributed by atoms with E-state index in [1.54, 1.807) is 37.3 Å². The Morgan fingerprint density at radius 2 is 1.77 bits per heavy atom. The number of oxazole rings is 1. The number of alkyl carbamates (subject to hydrolysis) is 1. The lowest BCUT2D eigenvalue weighted by atomic mass is 9.84. The third kappa shape index (κ3) is 7.31. The van der Waals surface area contributed by atoms with Crippen molar-refractivity contribution >= 4 is 34.8 Å². The van der Waals surface area contributed by atoms with Crippen molar-refractivity contribution in [3.63, 3.8) is 0 Å². The summed E-state index contributed by atoms with van der Waals surface area (Å²) < 4.78 is 10.8. The third-order valence-electron chi connectivity index (χ3n) is 6.83. The first-order chi connectivity index (χ1) is 19.0. The van der Waals surface area contributed by atoms with Gasteiger partial charge in [-0.05, 0) is 37.8 Å². The summed E-state index contributed by atoms with van der Waals surface area (Å²) in [6.45, 7) is 4.01. The van der Waals surface area contributed by atoms with Crippen LogP contribution < -0.4 is 5.32 Å². The van der Waals surface area contributed by atoms with Crippen LogP contribution in [0.1, 0.15) is 75.0 Å². The zero-order valence-electron chi connectivity index (χ0n) is 22.6. The molecule has 3 amide bonds. The van der Waals surface area contributed by atoms with Gasteiger partial charge in [-0.15, -0.1) is 0 Å². The Labute approximate surface area is 228 Å². The van der Waals surface area contributed by atoms with E-state index in [1.165, 1.54) is 11.3 Å². The zero-order chi connectivity index (χ0) is 27.6. The fraction of sp³-hybridized carbons (Fsp3) is 0.433. The summed E-state index contributed by atoms with van der Waals surface area (Å²) in [5, 5.41) is 2.71. The van der Waals surface area contributed by atoms with Crippen molar-refractivity contribution in [2.24, 2.45) is 10.9 Å². The first-order valence-corrected chi connectivity index (χ1v) is 13.8. The van der Waals surface area contributed by atoms with Crippen molar-refractivity contribution in [3.8, 4) is 0 Å². The summed E-state index contributed by atoms with van der Waals surface area (Å²) in [6.07, 6.45) is 5.75. The van der Waals surface area contributed by atoms with Gasteiger partial charge in [0.05, 0.1) is 6.61 Å². The summed E-state index contributed by atoms with van der Waals surface area (Å²) >= 11 is 0. The molecular formula is C30H36N4O5. The Bertz CT molecular complexity index is 1260. The number of hydrogen-bond acceptors (Lipinski definition) is 7. The molecule has 9 nitrogen and oxygen atoms in total. The first kappa shape index (κ1) is 28.0. The molecule has 1 N–H and O–H groups in total. The van der Waals surface area contributed by atoms with Crippen molar-refractivity contribution in [3.05, 3.63) is 66.1 Å². The minimum absolute atomic E-state index is 0.133. The SMILES string of the molecule is CCCN(C(=O)c1nc2ccccc2o1)C(=O)[C@H](CC1CCCCC1)N=C(NC(=O)OCC)c1ccccc1. The van der Waals surface area contributed by atoms with E-state index < -0.39 is 23.9 Å². The van der Waals surface area contributed by atoms with Gasteiger partial charge in [0.1, 0.15) is 17.4 Å². The summed E-state index contributed by atoms with van der Waals surface area (Å²) in [7, 11) is 0. The number of hydrogen-bond donors (Lipinski definition) is 1. The van der Waals surface area contributed by atoms with Crippen LogP contribution in [0.4, 0.5) is 4.79 Å². The smallest absolute Gasteiger partial charge is 0.412 e. The Balaban J connectivity index is 1.70. The molecule has 0 spiro atoms. The highest BCUT2D eigenvalue weighted by Gasteiger charge is 2.34. The van der Waals surface area contributed by atoms with Crippen LogP contribution in [-0.2, 0) is 9.53 Å². The molecule has 0 radical (unpaired) electrons. The first-order valence-electron chi connectivity index (χ1n) is 13.8. The maximum atomic E-state index is 14.1. The van der Waals surface area contributed by atoms with E-state index in [-0.39, 0.29) is 24.9 Å². The number of fused-ring (bicyclic) bond motifs is 1. The van der Waals surface area contributed by atoms with Crippen LogP contribution in [0, 0.1) is 5.92 Å². The van der Waals surface area contributed by atoms with Gasteiger partial charge < -0.3 is 9.15 Å². The van der Waals surface area contributed by atoms with Crippen molar-refractivity contribution in [2.45, 2.75) is 64.8 Å². The fourth-order valence-electron chi connectivity index (χ4n) is 4.94. The van der Waals surface area contributed by atoms with Crippen LogP contribution >= 0.6 is 0 Å². The molecule has 1 fully saturated rings. The van der Waals surface area contributed by atoms with E-state index >= 15 is 0 Å². The average Bonchev–Trinajstić information content (AvgIpc) is 3.40. The largest absolute Gasteiger partial charge is 0.450 e. The highest BCUT2D eigenvalue weighted by Crippen LogP contribution is 2.29. The summed E-state index contributed by atoms with van der Waals surface area (Å²) in [5.41, 5.74) is 1.66. The Hall–Kier alpha value is -4.01. The number of benzene rings is 2. The lowest BCUT2D eigenvalue weighted by molar-refractivity contribution is -0.130. The monoisotopic (exact) mass is 532 g/mol. The van der Waals surface area contributed by atoms with Crippen LogP contribution in [0.2, 0.25) is 0 Å².